The number of hydrogen-bond donors (Lipinski definition) is 4. The summed E-state index contributed by atoms with van der Waals surface area (Å²) < 4.78 is 0. The highest BCUT2D eigenvalue weighted by Crippen LogP contribution is 1.99. The molecule has 0 aliphatic heterocycles. The summed E-state index contributed by atoms with van der Waals surface area (Å²) in [6, 6.07) is -1.19. The highest BCUT2D eigenvalue weighted by atomic mass is 16.4. The van der Waals surface area contributed by atoms with Gasteiger partial charge in [0, 0.05) is 0 Å². The topological polar surface area (TPSA) is 110 Å². The van der Waals surface area contributed by atoms with Gasteiger partial charge in [-0.3, -0.25) is 4.79 Å². The first kappa shape index (κ1) is 10.3. The fraction of sp³-hybridized carbons (Fsp3) is 0.833. The SMILES string of the molecule is NCCCC(O)[C@@H](N)C(=O)O. The monoisotopic (exact) mass is 162 g/mol. The van der Waals surface area contributed by atoms with Gasteiger partial charge in [0.15, 0.2) is 0 Å². The van der Waals surface area contributed by atoms with Crippen molar-refractivity contribution in [3.63, 3.8) is 0 Å². The normalized spacial score (nSPS) is 15.9. The zero-order valence-electron chi connectivity index (χ0n) is 6.23. The summed E-state index contributed by atoms with van der Waals surface area (Å²) in [5.74, 6) is -1.19. The second-order valence-corrected chi connectivity index (χ2v) is 2.36. The van der Waals surface area contributed by atoms with Gasteiger partial charge in [0.2, 0.25) is 0 Å². The summed E-state index contributed by atoms with van der Waals surface area (Å²) in [5.41, 5.74) is 10.3. The van der Waals surface area contributed by atoms with Crippen LogP contribution in [0.25, 0.3) is 0 Å². The summed E-state index contributed by atoms with van der Waals surface area (Å²) in [7, 11) is 0. The Bertz CT molecular complexity index is 129. The van der Waals surface area contributed by atoms with Crippen molar-refractivity contribution in [3.05, 3.63) is 0 Å². The quantitative estimate of drug-likeness (QED) is 0.393. The van der Waals surface area contributed by atoms with Gasteiger partial charge in [-0.05, 0) is 19.4 Å². The Morgan fingerprint density at radius 2 is 2.09 bits per heavy atom. The van der Waals surface area contributed by atoms with Gasteiger partial charge in [0.05, 0.1) is 6.10 Å². The molecule has 1 unspecified atom stereocenters. The van der Waals surface area contributed by atoms with E-state index in [1.165, 1.54) is 0 Å². The predicted octanol–water partition coefficient (Wildman–Crippen LogP) is -1.50. The van der Waals surface area contributed by atoms with Crippen LogP contribution in [0.5, 0.6) is 0 Å². The number of aliphatic hydroxyl groups is 1. The first-order valence-corrected chi connectivity index (χ1v) is 3.46. The predicted molar refractivity (Wildman–Crippen MR) is 39.9 cm³/mol. The van der Waals surface area contributed by atoms with E-state index in [0.29, 0.717) is 19.4 Å². The summed E-state index contributed by atoms with van der Waals surface area (Å²) in [4.78, 5) is 10.2. The van der Waals surface area contributed by atoms with Gasteiger partial charge in [0.25, 0.3) is 0 Å². The van der Waals surface area contributed by atoms with E-state index in [9.17, 15) is 4.79 Å². The van der Waals surface area contributed by atoms with Crippen molar-refractivity contribution in [2.24, 2.45) is 11.5 Å². The van der Waals surface area contributed by atoms with Crippen LogP contribution in [0.1, 0.15) is 12.8 Å². The Morgan fingerprint density at radius 1 is 1.55 bits per heavy atom. The number of carboxylic acid groups (broad SMARTS) is 1. The van der Waals surface area contributed by atoms with Crippen LogP contribution in [-0.4, -0.2) is 34.9 Å². The highest BCUT2D eigenvalue weighted by Gasteiger charge is 2.20. The molecule has 11 heavy (non-hydrogen) atoms. The Hall–Kier alpha value is -0.650. The molecule has 5 heteroatoms. The van der Waals surface area contributed by atoms with Crippen LogP contribution in [-0.2, 0) is 4.79 Å². The lowest BCUT2D eigenvalue weighted by atomic mass is 10.1. The number of nitrogens with two attached hydrogens (primary N) is 2. The summed E-state index contributed by atoms with van der Waals surface area (Å²) >= 11 is 0. The molecular weight excluding hydrogens is 148 g/mol. The third kappa shape index (κ3) is 3.92. The number of aliphatic hydroxyl groups excluding tert-OH is 1. The zero-order chi connectivity index (χ0) is 8.85. The molecule has 6 N–H and O–H groups in total. The maximum atomic E-state index is 10.2. The molecule has 0 rings (SSSR count). The minimum atomic E-state index is -1.19. The van der Waals surface area contributed by atoms with E-state index in [1.807, 2.05) is 0 Å². The molecule has 66 valence electrons. The average molecular weight is 162 g/mol. The molecule has 0 spiro atoms. The van der Waals surface area contributed by atoms with Gasteiger partial charge in [-0.2, -0.15) is 0 Å². The fourth-order valence-electron chi connectivity index (χ4n) is 0.671. The van der Waals surface area contributed by atoms with E-state index in [0.717, 1.165) is 0 Å². The number of aliphatic carboxylic acids is 1. The largest absolute Gasteiger partial charge is 0.480 e. The average Bonchev–Trinajstić information content (AvgIpc) is 1.98. The third-order valence-corrected chi connectivity index (χ3v) is 1.40. The van der Waals surface area contributed by atoms with Gasteiger partial charge in [0.1, 0.15) is 6.04 Å². The molecule has 0 fully saturated rings. The van der Waals surface area contributed by atoms with E-state index < -0.39 is 18.1 Å². The van der Waals surface area contributed by atoms with Gasteiger partial charge >= 0.3 is 5.97 Å². The molecule has 0 aliphatic carbocycles. The second kappa shape index (κ2) is 5.06. The van der Waals surface area contributed by atoms with Crippen LogP contribution >= 0.6 is 0 Å². The third-order valence-electron chi connectivity index (χ3n) is 1.40. The van der Waals surface area contributed by atoms with Crippen molar-refractivity contribution >= 4 is 5.97 Å². The molecule has 0 heterocycles. The molecule has 0 aromatic rings. The van der Waals surface area contributed by atoms with Gasteiger partial charge in [-0.1, -0.05) is 0 Å². The molecule has 0 aliphatic rings. The highest BCUT2D eigenvalue weighted by molar-refractivity contribution is 5.73. The van der Waals surface area contributed by atoms with E-state index in [2.05, 4.69) is 0 Å². The van der Waals surface area contributed by atoms with Crippen molar-refractivity contribution in [2.75, 3.05) is 6.54 Å². The van der Waals surface area contributed by atoms with Crippen molar-refractivity contribution in [1.82, 2.24) is 0 Å². The van der Waals surface area contributed by atoms with Gasteiger partial charge in [-0.25, -0.2) is 0 Å². The van der Waals surface area contributed by atoms with Crippen LogP contribution in [0, 0.1) is 0 Å². The lowest BCUT2D eigenvalue weighted by molar-refractivity contribution is -0.141. The van der Waals surface area contributed by atoms with Gasteiger partial charge < -0.3 is 21.7 Å². The second-order valence-electron chi connectivity index (χ2n) is 2.36. The van der Waals surface area contributed by atoms with Crippen LogP contribution < -0.4 is 11.5 Å². The summed E-state index contributed by atoms with van der Waals surface area (Å²) in [5, 5.41) is 17.4. The number of rotatable bonds is 5. The Kier molecular flexibility index (Phi) is 4.76. The van der Waals surface area contributed by atoms with E-state index in [-0.39, 0.29) is 0 Å². The molecule has 0 amide bonds. The standard InChI is InChI=1S/C6H14N2O3/c7-3-1-2-4(9)5(8)6(10)11/h4-5,9H,1-3,7-8H2,(H,10,11)/t4?,5-/m1/s1. The lowest BCUT2D eigenvalue weighted by Gasteiger charge is -2.13. The number of hydrogen-bond acceptors (Lipinski definition) is 4. The van der Waals surface area contributed by atoms with Crippen LogP contribution in [0.4, 0.5) is 0 Å². The molecule has 0 saturated heterocycles. The first-order chi connectivity index (χ1) is 5.09. The van der Waals surface area contributed by atoms with Crippen molar-refractivity contribution in [1.29, 1.82) is 0 Å². The number of carbonyl (C=O) groups is 1. The summed E-state index contributed by atoms with van der Waals surface area (Å²) in [6.07, 6.45) is -0.0670. The maximum absolute atomic E-state index is 10.2. The van der Waals surface area contributed by atoms with Crippen LogP contribution in [0.3, 0.4) is 0 Å². The maximum Gasteiger partial charge on any atom is 0.323 e. The van der Waals surface area contributed by atoms with Crippen LogP contribution in [0.15, 0.2) is 0 Å². The van der Waals surface area contributed by atoms with E-state index >= 15 is 0 Å². The van der Waals surface area contributed by atoms with Crippen molar-refractivity contribution in [2.45, 2.75) is 25.0 Å². The Labute approximate surface area is 65.0 Å². The fourth-order valence-corrected chi connectivity index (χ4v) is 0.671. The molecule has 0 bridgehead atoms. The minimum absolute atomic E-state index is 0.337. The molecule has 5 nitrogen and oxygen atoms in total. The molecule has 2 atom stereocenters. The number of carboxylic acids is 1. The smallest absolute Gasteiger partial charge is 0.323 e. The lowest BCUT2D eigenvalue weighted by Crippen LogP contribution is -2.41. The molecular formula is C6H14N2O3. The van der Waals surface area contributed by atoms with Gasteiger partial charge in [-0.15, -0.1) is 0 Å². The molecule has 0 radical (unpaired) electrons. The van der Waals surface area contributed by atoms with Crippen LogP contribution in [0.2, 0.25) is 0 Å². The molecule has 0 aromatic carbocycles. The Morgan fingerprint density at radius 3 is 2.45 bits per heavy atom. The molecule has 0 aromatic heterocycles. The summed E-state index contributed by atoms with van der Waals surface area (Å²) in [6.45, 7) is 0.434. The molecule has 0 saturated carbocycles. The first-order valence-electron chi connectivity index (χ1n) is 3.46. The Balaban J connectivity index is 3.63. The van der Waals surface area contributed by atoms with Crippen molar-refractivity contribution < 1.29 is 15.0 Å². The minimum Gasteiger partial charge on any atom is -0.480 e. The van der Waals surface area contributed by atoms with E-state index in [4.69, 9.17) is 21.7 Å². The zero-order valence-corrected chi connectivity index (χ0v) is 6.23. The van der Waals surface area contributed by atoms with E-state index in [1.54, 1.807) is 0 Å². The van der Waals surface area contributed by atoms with Crippen molar-refractivity contribution in [3.8, 4) is 0 Å².